The number of rotatable bonds is 7. The van der Waals surface area contributed by atoms with Gasteiger partial charge in [0.15, 0.2) is 0 Å². The predicted molar refractivity (Wildman–Crippen MR) is 142 cm³/mol. The van der Waals surface area contributed by atoms with Crippen molar-refractivity contribution in [1.82, 2.24) is 14.5 Å². The monoisotopic (exact) mass is 468 g/mol. The standard InChI is InChI=1S/C29H32N4O2/c1-5-22-15-17-24(18-16-22)33-27(31-26-14-10-9-13-25(26)28(33)34)21(4)32(19-20(2)3)29(35)30-23-11-7-6-8-12-23/h6-18,20-21H,5,19H2,1-4H3,(H,30,35). The minimum atomic E-state index is -0.454. The molecule has 6 heteroatoms. The number of carbonyl (C=O) groups excluding carboxylic acids is 1. The van der Waals surface area contributed by atoms with Crippen molar-refractivity contribution in [2.45, 2.75) is 40.2 Å². The first kappa shape index (κ1) is 24.2. The van der Waals surface area contributed by atoms with E-state index in [-0.39, 0.29) is 17.5 Å². The number of fused-ring (bicyclic) bond motifs is 1. The van der Waals surface area contributed by atoms with Crippen LogP contribution >= 0.6 is 0 Å². The Balaban J connectivity index is 1.84. The maximum absolute atomic E-state index is 13.7. The van der Waals surface area contributed by atoms with Gasteiger partial charge < -0.3 is 10.2 Å². The summed E-state index contributed by atoms with van der Waals surface area (Å²) in [6.07, 6.45) is 0.913. The zero-order chi connectivity index (χ0) is 24.9. The molecule has 0 fully saturated rings. The molecule has 180 valence electrons. The molecule has 1 atom stereocenters. The van der Waals surface area contributed by atoms with E-state index >= 15 is 0 Å². The summed E-state index contributed by atoms with van der Waals surface area (Å²) in [5, 5.41) is 3.54. The average Bonchev–Trinajstić information content (AvgIpc) is 2.87. The van der Waals surface area contributed by atoms with Gasteiger partial charge in [0.25, 0.3) is 5.56 Å². The normalized spacial score (nSPS) is 12.0. The summed E-state index contributed by atoms with van der Waals surface area (Å²) in [6.45, 7) is 8.68. The molecule has 4 rings (SSSR count). The minimum Gasteiger partial charge on any atom is -0.314 e. The van der Waals surface area contributed by atoms with E-state index in [0.29, 0.717) is 23.3 Å². The molecule has 0 aliphatic carbocycles. The van der Waals surface area contributed by atoms with E-state index in [9.17, 15) is 9.59 Å². The molecule has 0 aliphatic rings. The number of aryl methyl sites for hydroxylation is 1. The Kier molecular flexibility index (Phi) is 7.30. The van der Waals surface area contributed by atoms with Gasteiger partial charge in [-0.25, -0.2) is 9.78 Å². The van der Waals surface area contributed by atoms with Gasteiger partial charge in [0.05, 0.1) is 22.6 Å². The molecule has 1 N–H and O–H groups in total. The Morgan fingerprint density at radius 1 is 0.943 bits per heavy atom. The molecule has 0 bridgehead atoms. The summed E-state index contributed by atoms with van der Waals surface area (Å²) in [6, 6.07) is 24.0. The highest BCUT2D eigenvalue weighted by Gasteiger charge is 2.27. The summed E-state index contributed by atoms with van der Waals surface area (Å²) in [7, 11) is 0. The fourth-order valence-electron chi connectivity index (χ4n) is 4.23. The molecule has 0 saturated carbocycles. The van der Waals surface area contributed by atoms with Gasteiger partial charge >= 0.3 is 6.03 Å². The van der Waals surface area contributed by atoms with Gasteiger partial charge in [0, 0.05) is 12.2 Å². The number of hydrogen-bond acceptors (Lipinski definition) is 3. The van der Waals surface area contributed by atoms with E-state index in [1.54, 1.807) is 15.5 Å². The highest BCUT2D eigenvalue weighted by Crippen LogP contribution is 2.25. The summed E-state index contributed by atoms with van der Waals surface area (Å²) in [5.74, 6) is 0.755. The highest BCUT2D eigenvalue weighted by molar-refractivity contribution is 5.89. The van der Waals surface area contributed by atoms with Crippen LogP contribution < -0.4 is 10.9 Å². The van der Waals surface area contributed by atoms with Crippen LogP contribution in [0.2, 0.25) is 0 Å². The molecule has 1 heterocycles. The Labute approximate surface area is 206 Å². The second kappa shape index (κ2) is 10.6. The van der Waals surface area contributed by atoms with Gasteiger partial charge in [-0.15, -0.1) is 0 Å². The molecular weight excluding hydrogens is 436 g/mol. The summed E-state index contributed by atoms with van der Waals surface area (Å²) in [4.78, 5) is 33.8. The van der Waals surface area contributed by atoms with Crippen molar-refractivity contribution in [3.8, 4) is 5.69 Å². The molecule has 0 spiro atoms. The van der Waals surface area contributed by atoms with Crippen LogP contribution in [0.3, 0.4) is 0 Å². The van der Waals surface area contributed by atoms with Crippen LogP contribution in [0.15, 0.2) is 83.7 Å². The molecular formula is C29H32N4O2. The van der Waals surface area contributed by atoms with Crippen LogP contribution in [-0.2, 0) is 6.42 Å². The van der Waals surface area contributed by atoms with E-state index in [0.717, 1.165) is 17.8 Å². The molecule has 35 heavy (non-hydrogen) atoms. The predicted octanol–water partition coefficient (Wildman–Crippen LogP) is 6.20. The summed E-state index contributed by atoms with van der Waals surface area (Å²) in [5.41, 5.74) is 3.12. The zero-order valence-electron chi connectivity index (χ0n) is 20.7. The number of para-hydroxylation sites is 2. The summed E-state index contributed by atoms with van der Waals surface area (Å²) < 4.78 is 1.65. The Morgan fingerprint density at radius 3 is 2.26 bits per heavy atom. The Bertz CT molecular complexity index is 1360. The van der Waals surface area contributed by atoms with E-state index in [2.05, 4.69) is 26.1 Å². The molecule has 0 aliphatic heterocycles. The van der Waals surface area contributed by atoms with Crippen molar-refractivity contribution in [1.29, 1.82) is 0 Å². The zero-order valence-corrected chi connectivity index (χ0v) is 20.7. The lowest BCUT2D eigenvalue weighted by molar-refractivity contribution is 0.179. The van der Waals surface area contributed by atoms with Crippen molar-refractivity contribution in [3.05, 3.63) is 101 Å². The number of hydrogen-bond donors (Lipinski definition) is 1. The van der Waals surface area contributed by atoms with Gasteiger partial charge in [-0.2, -0.15) is 0 Å². The molecule has 1 aromatic heterocycles. The van der Waals surface area contributed by atoms with Crippen LogP contribution in [0.5, 0.6) is 0 Å². The average molecular weight is 469 g/mol. The molecule has 0 saturated heterocycles. The molecule has 0 radical (unpaired) electrons. The van der Waals surface area contributed by atoms with Crippen LogP contribution in [0.1, 0.15) is 45.1 Å². The first-order chi connectivity index (χ1) is 16.9. The fourth-order valence-corrected chi connectivity index (χ4v) is 4.23. The minimum absolute atomic E-state index is 0.144. The lowest BCUT2D eigenvalue weighted by Gasteiger charge is -2.32. The molecule has 3 aromatic carbocycles. The number of benzene rings is 3. The smallest absolute Gasteiger partial charge is 0.314 e. The third-order valence-electron chi connectivity index (χ3n) is 6.09. The quantitative estimate of drug-likeness (QED) is 0.351. The number of amides is 2. The fraction of sp³-hybridized carbons (Fsp3) is 0.276. The third-order valence-corrected chi connectivity index (χ3v) is 6.09. The van der Waals surface area contributed by atoms with Gasteiger partial charge in [-0.3, -0.25) is 9.36 Å². The number of nitrogens with one attached hydrogen (secondary N) is 1. The van der Waals surface area contributed by atoms with Crippen molar-refractivity contribution >= 4 is 22.6 Å². The van der Waals surface area contributed by atoms with Crippen LogP contribution in [0.25, 0.3) is 16.6 Å². The van der Waals surface area contributed by atoms with Crippen molar-refractivity contribution < 1.29 is 4.79 Å². The van der Waals surface area contributed by atoms with E-state index in [4.69, 9.17) is 4.98 Å². The number of nitrogens with zero attached hydrogens (tertiary/aromatic N) is 3. The Hall–Kier alpha value is -3.93. The topological polar surface area (TPSA) is 67.2 Å². The first-order valence-corrected chi connectivity index (χ1v) is 12.1. The Morgan fingerprint density at radius 2 is 1.60 bits per heavy atom. The first-order valence-electron chi connectivity index (χ1n) is 12.1. The van der Waals surface area contributed by atoms with Gasteiger partial charge in [-0.05, 0) is 61.2 Å². The summed E-state index contributed by atoms with van der Waals surface area (Å²) >= 11 is 0. The van der Waals surface area contributed by atoms with Crippen molar-refractivity contribution in [2.75, 3.05) is 11.9 Å². The molecule has 2 amide bonds. The van der Waals surface area contributed by atoms with Crippen LogP contribution in [0, 0.1) is 5.92 Å². The number of urea groups is 1. The number of aromatic nitrogens is 2. The van der Waals surface area contributed by atoms with Crippen molar-refractivity contribution in [3.63, 3.8) is 0 Å². The highest BCUT2D eigenvalue weighted by atomic mass is 16.2. The van der Waals surface area contributed by atoms with E-state index in [1.807, 2.05) is 79.7 Å². The largest absolute Gasteiger partial charge is 0.322 e. The van der Waals surface area contributed by atoms with Gasteiger partial charge in [-0.1, -0.05) is 63.2 Å². The third kappa shape index (κ3) is 5.27. The van der Waals surface area contributed by atoms with E-state index in [1.165, 1.54) is 5.56 Å². The maximum atomic E-state index is 13.7. The lowest BCUT2D eigenvalue weighted by atomic mass is 10.1. The van der Waals surface area contributed by atoms with Crippen LogP contribution in [-0.4, -0.2) is 27.0 Å². The molecule has 6 nitrogen and oxygen atoms in total. The van der Waals surface area contributed by atoms with Gasteiger partial charge in [0.2, 0.25) is 0 Å². The van der Waals surface area contributed by atoms with Crippen LogP contribution in [0.4, 0.5) is 10.5 Å². The second-order valence-electron chi connectivity index (χ2n) is 9.17. The second-order valence-corrected chi connectivity index (χ2v) is 9.17. The number of anilines is 1. The maximum Gasteiger partial charge on any atom is 0.322 e. The molecule has 4 aromatic rings. The van der Waals surface area contributed by atoms with Crippen molar-refractivity contribution in [2.24, 2.45) is 5.92 Å². The lowest BCUT2D eigenvalue weighted by Crippen LogP contribution is -2.41. The molecule has 1 unspecified atom stereocenters. The SMILES string of the molecule is CCc1ccc(-n2c(C(C)N(CC(C)C)C(=O)Nc3ccccc3)nc3ccccc3c2=O)cc1. The van der Waals surface area contributed by atoms with Gasteiger partial charge in [0.1, 0.15) is 5.82 Å². The number of carbonyl (C=O) groups is 1. The van der Waals surface area contributed by atoms with E-state index < -0.39 is 6.04 Å².